The van der Waals surface area contributed by atoms with Gasteiger partial charge in [-0.1, -0.05) is 30.1 Å². The molecule has 0 aliphatic carbocycles. The van der Waals surface area contributed by atoms with Gasteiger partial charge in [-0.3, -0.25) is 24.1 Å². The second kappa shape index (κ2) is 6.19. The summed E-state index contributed by atoms with van der Waals surface area (Å²) >= 11 is 12.0. The fourth-order valence-electron chi connectivity index (χ4n) is 5.10. The van der Waals surface area contributed by atoms with Crippen molar-refractivity contribution in [2.45, 2.75) is 24.9 Å². The number of rotatable bonds is 2. The normalized spacial score (nSPS) is 31.7. The number of amides is 4. The van der Waals surface area contributed by atoms with Crippen LogP contribution < -0.4 is 0 Å². The Morgan fingerprint density at radius 3 is 2.43 bits per heavy atom. The SMILES string of the molecule is CC[C@]12C(=O)N(C)C[C@H]([C@@H]3C(=O)N(C)C(=O)[C@@H]31)N2C(=O)c1ccc(Cl)c(Cl)c1. The van der Waals surface area contributed by atoms with Gasteiger partial charge in [-0.2, -0.15) is 0 Å². The van der Waals surface area contributed by atoms with Crippen LogP contribution in [-0.4, -0.2) is 70.5 Å². The first-order valence-corrected chi connectivity index (χ1v) is 9.78. The van der Waals surface area contributed by atoms with Gasteiger partial charge in [0.25, 0.3) is 5.91 Å². The summed E-state index contributed by atoms with van der Waals surface area (Å²) in [6, 6.07) is 3.92. The van der Waals surface area contributed by atoms with Gasteiger partial charge in [-0.05, 0) is 24.6 Å². The van der Waals surface area contributed by atoms with E-state index in [1.54, 1.807) is 14.0 Å². The second-order valence-electron chi connectivity index (χ2n) is 7.57. The van der Waals surface area contributed by atoms with E-state index >= 15 is 0 Å². The van der Waals surface area contributed by atoms with E-state index in [1.165, 1.54) is 35.0 Å². The van der Waals surface area contributed by atoms with Gasteiger partial charge in [0.05, 0.1) is 27.9 Å². The minimum Gasteiger partial charge on any atom is -0.342 e. The molecule has 3 fully saturated rings. The molecule has 1 aromatic rings. The minimum atomic E-state index is -1.39. The lowest BCUT2D eigenvalue weighted by molar-refractivity contribution is -0.155. The Labute approximate surface area is 172 Å². The van der Waals surface area contributed by atoms with E-state index < -0.39 is 35.2 Å². The Balaban J connectivity index is 1.89. The molecule has 0 aromatic heterocycles. The lowest BCUT2D eigenvalue weighted by Crippen LogP contribution is -2.68. The zero-order valence-corrected chi connectivity index (χ0v) is 17.1. The van der Waals surface area contributed by atoms with Gasteiger partial charge in [-0.25, -0.2) is 0 Å². The highest BCUT2D eigenvalue weighted by Crippen LogP contribution is 2.53. The van der Waals surface area contributed by atoms with Crippen LogP contribution in [0.2, 0.25) is 10.0 Å². The van der Waals surface area contributed by atoms with Crippen molar-refractivity contribution in [3.8, 4) is 0 Å². The average Bonchev–Trinajstić information content (AvgIpc) is 3.05. The Bertz CT molecular complexity index is 936. The third-order valence-electron chi connectivity index (χ3n) is 6.36. The first kappa shape index (κ1) is 19.2. The van der Waals surface area contributed by atoms with Crippen LogP contribution in [0.5, 0.6) is 0 Å². The van der Waals surface area contributed by atoms with Crippen molar-refractivity contribution in [2.75, 3.05) is 20.6 Å². The summed E-state index contributed by atoms with van der Waals surface area (Å²) in [5.74, 6) is -3.09. The molecule has 28 heavy (non-hydrogen) atoms. The zero-order chi connectivity index (χ0) is 20.5. The molecule has 4 rings (SSSR count). The summed E-state index contributed by atoms with van der Waals surface area (Å²) in [5, 5.41) is 0.530. The summed E-state index contributed by atoms with van der Waals surface area (Å²) in [4.78, 5) is 56.6. The van der Waals surface area contributed by atoms with Gasteiger partial charge >= 0.3 is 0 Å². The first-order chi connectivity index (χ1) is 13.2. The number of fused-ring (bicyclic) bond motifs is 5. The van der Waals surface area contributed by atoms with Crippen molar-refractivity contribution >= 4 is 46.8 Å². The van der Waals surface area contributed by atoms with Crippen LogP contribution in [0.1, 0.15) is 23.7 Å². The number of piperazine rings is 1. The van der Waals surface area contributed by atoms with E-state index in [2.05, 4.69) is 0 Å². The maximum absolute atomic E-state index is 13.5. The first-order valence-electron chi connectivity index (χ1n) is 9.02. The summed E-state index contributed by atoms with van der Waals surface area (Å²) in [7, 11) is 3.07. The molecule has 0 spiro atoms. The third kappa shape index (κ3) is 2.17. The van der Waals surface area contributed by atoms with Crippen molar-refractivity contribution < 1.29 is 19.2 Å². The van der Waals surface area contributed by atoms with E-state index in [1.807, 2.05) is 0 Å². The smallest absolute Gasteiger partial charge is 0.255 e. The number of imide groups is 1. The molecule has 0 N–H and O–H groups in total. The molecule has 7 nitrogen and oxygen atoms in total. The van der Waals surface area contributed by atoms with Crippen LogP contribution in [0.4, 0.5) is 0 Å². The number of carbonyl (C=O) groups is 4. The fourth-order valence-corrected chi connectivity index (χ4v) is 5.40. The van der Waals surface area contributed by atoms with Gasteiger partial charge < -0.3 is 9.80 Å². The highest BCUT2D eigenvalue weighted by atomic mass is 35.5. The molecule has 3 saturated heterocycles. The quantitative estimate of drug-likeness (QED) is 0.677. The highest BCUT2D eigenvalue weighted by molar-refractivity contribution is 6.42. The fraction of sp³-hybridized carbons (Fsp3) is 0.474. The van der Waals surface area contributed by atoms with Crippen LogP contribution in [0.15, 0.2) is 18.2 Å². The summed E-state index contributed by atoms with van der Waals surface area (Å²) in [5.41, 5.74) is -1.12. The summed E-state index contributed by atoms with van der Waals surface area (Å²) in [6.07, 6.45) is 0.230. The number of benzene rings is 1. The number of likely N-dealkylation sites (N-methyl/N-ethyl adjacent to an activating group) is 1. The third-order valence-corrected chi connectivity index (χ3v) is 7.10. The molecule has 3 aliphatic heterocycles. The molecule has 2 bridgehead atoms. The van der Waals surface area contributed by atoms with Gasteiger partial charge in [0, 0.05) is 26.2 Å². The average molecular weight is 424 g/mol. The molecular weight excluding hydrogens is 405 g/mol. The number of halogens is 2. The van der Waals surface area contributed by atoms with Crippen molar-refractivity contribution in [3.05, 3.63) is 33.8 Å². The van der Waals surface area contributed by atoms with Gasteiger partial charge in [0.15, 0.2) is 0 Å². The summed E-state index contributed by atoms with van der Waals surface area (Å²) < 4.78 is 0. The van der Waals surface area contributed by atoms with Crippen LogP contribution >= 0.6 is 23.2 Å². The molecule has 148 valence electrons. The molecule has 1 aromatic carbocycles. The second-order valence-corrected chi connectivity index (χ2v) is 8.39. The van der Waals surface area contributed by atoms with E-state index in [0.29, 0.717) is 5.02 Å². The number of hydrogen-bond acceptors (Lipinski definition) is 4. The van der Waals surface area contributed by atoms with E-state index in [9.17, 15) is 19.2 Å². The van der Waals surface area contributed by atoms with Crippen LogP contribution in [0.3, 0.4) is 0 Å². The van der Waals surface area contributed by atoms with E-state index in [-0.39, 0.29) is 35.4 Å². The number of carbonyl (C=O) groups excluding carboxylic acids is 4. The van der Waals surface area contributed by atoms with Crippen LogP contribution in [-0.2, 0) is 14.4 Å². The largest absolute Gasteiger partial charge is 0.342 e. The topological polar surface area (TPSA) is 78.0 Å². The van der Waals surface area contributed by atoms with Gasteiger partial charge in [0.2, 0.25) is 17.7 Å². The lowest BCUT2D eigenvalue weighted by atomic mass is 9.78. The van der Waals surface area contributed by atoms with Gasteiger partial charge in [0.1, 0.15) is 5.54 Å². The van der Waals surface area contributed by atoms with Crippen LogP contribution in [0, 0.1) is 11.8 Å². The van der Waals surface area contributed by atoms with Crippen molar-refractivity contribution in [1.29, 1.82) is 0 Å². The Morgan fingerprint density at radius 1 is 1.14 bits per heavy atom. The minimum absolute atomic E-state index is 0.196. The standard InChI is InChI=1S/C19H19Cl2N3O4/c1-4-19-14-13(16(26)23(3)17(14)27)12(8-22(2)18(19)28)24(19)15(25)9-5-6-10(20)11(21)7-9/h5-7,12-14H,4,8H2,1-3H3/t12-,13+,14-,19-/m1/s1. The monoisotopic (exact) mass is 423 g/mol. The maximum Gasteiger partial charge on any atom is 0.255 e. The molecule has 0 radical (unpaired) electrons. The van der Waals surface area contributed by atoms with Crippen molar-refractivity contribution in [2.24, 2.45) is 11.8 Å². The molecule has 3 aliphatic rings. The zero-order valence-electron chi connectivity index (χ0n) is 15.6. The lowest BCUT2D eigenvalue weighted by Gasteiger charge is -2.48. The molecule has 0 unspecified atom stereocenters. The number of likely N-dealkylation sites (tertiary alicyclic amines) is 2. The van der Waals surface area contributed by atoms with Crippen molar-refractivity contribution in [1.82, 2.24) is 14.7 Å². The summed E-state index contributed by atoms with van der Waals surface area (Å²) in [6.45, 7) is 1.96. The molecule has 9 heteroatoms. The highest BCUT2D eigenvalue weighted by Gasteiger charge is 2.74. The molecular formula is C19H19Cl2N3O4. The van der Waals surface area contributed by atoms with Gasteiger partial charge in [-0.15, -0.1) is 0 Å². The molecule has 4 amide bonds. The Hall–Kier alpha value is -2.12. The van der Waals surface area contributed by atoms with Crippen molar-refractivity contribution in [3.63, 3.8) is 0 Å². The number of nitrogens with zero attached hydrogens (tertiary/aromatic N) is 3. The predicted octanol–water partition coefficient (Wildman–Crippen LogP) is 1.67. The Morgan fingerprint density at radius 2 is 1.82 bits per heavy atom. The number of hydrogen-bond donors (Lipinski definition) is 0. The van der Waals surface area contributed by atoms with E-state index in [4.69, 9.17) is 23.2 Å². The molecule has 0 saturated carbocycles. The van der Waals surface area contributed by atoms with Crippen LogP contribution in [0.25, 0.3) is 0 Å². The van der Waals surface area contributed by atoms with E-state index in [0.717, 1.165) is 4.90 Å². The predicted molar refractivity (Wildman–Crippen MR) is 102 cm³/mol. The maximum atomic E-state index is 13.5. The molecule has 4 atom stereocenters. The molecule has 3 heterocycles. The Kier molecular flexibility index (Phi) is 4.25.